The molecule has 3 saturated heterocycles. The third-order valence-electron chi connectivity index (χ3n) is 7.87. The summed E-state index contributed by atoms with van der Waals surface area (Å²) in [5, 5.41) is 12.0. The molecule has 5 rings (SSSR count). The number of nitrogens with zero attached hydrogens (tertiary/aromatic N) is 4. The third kappa shape index (κ3) is 3.58. The molecule has 7 atom stereocenters. The standard InChI is InChI=1S/C24H30N6O3/c1-13(14-3-5-15(6-4-14)22(31)27-2)29-18-9-21(24(29)33)28(11-18)12-19(26)23(32)30-17(10-25)7-16-8-20(16)30/h3-6,13,16-21H,7-9,11-12,26H2,1-2H3,(H,27,31)/t13-,16+,17-,18-,19-,20?,21-/m0/s1. The first-order valence-corrected chi connectivity index (χ1v) is 11.7. The number of nitrogens with one attached hydrogen (secondary N) is 1. The molecule has 3 heterocycles. The van der Waals surface area contributed by atoms with Crippen molar-refractivity contribution in [2.24, 2.45) is 11.7 Å². The van der Waals surface area contributed by atoms with Gasteiger partial charge in [0.1, 0.15) is 6.04 Å². The van der Waals surface area contributed by atoms with Crippen LogP contribution < -0.4 is 11.1 Å². The molecule has 1 aromatic rings. The molecule has 2 bridgehead atoms. The van der Waals surface area contributed by atoms with Crippen LogP contribution in [0.1, 0.15) is 48.1 Å². The Morgan fingerprint density at radius 2 is 1.97 bits per heavy atom. The minimum atomic E-state index is -0.726. The largest absolute Gasteiger partial charge is 0.355 e. The van der Waals surface area contributed by atoms with Crippen LogP contribution in [0.15, 0.2) is 24.3 Å². The Morgan fingerprint density at radius 3 is 2.61 bits per heavy atom. The van der Waals surface area contributed by atoms with Crippen LogP contribution in [0.25, 0.3) is 0 Å². The minimum Gasteiger partial charge on any atom is -0.355 e. The Morgan fingerprint density at radius 1 is 1.24 bits per heavy atom. The second-order valence-corrected chi connectivity index (χ2v) is 9.78. The Balaban J connectivity index is 1.21. The van der Waals surface area contributed by atoms with Crippen molar-refractivity contribution >= 4 is 17.7 Å². The van der Waals surface area contributed by atoms with E-state index >= 15 is 0 Å². The summed E-state index contributed by atoms with van der Waals surface area (Å²) in [4.78, 5) is 43.7. The van der Waals surface area contributed by atoms with E-state index in [1.54, 1.807) is 24.1 Å². The fourth-order valence-electron chi connectivity index (χ4n) is 6.03. The topological polar surface area (TPSA) is 123 Å². The smallest absolute Gasteiger partial charge is 0.251 e. The summed E-state index contributed by atoms with van der Waals surface area (Å²) in [6.07, 6.45) is 2.46. The van der Waals surface area contributed by atoms with Gasteiger partial charge in [-0.1, -0.05) is 12.1 Å². The van der Waals surface area contributed by atoms with Crippen LogP contribution >= 0.6 is 0 Å². The Bertz CT molecular complexity index is 1020. The summed E-state index contributed by atoms with van der Waals surface area (Å²) in [5.74, 6) is 0.213. The van der Waals surface area contributed by atoms with Gasteiger partial charge in [0.05, 0.1) is 24.2 Å². The van der Waals surface area contributed by atoms with E-state index < -0.39 is 6.04 Å². The van der Waals surface area contributed by atoms with Crippen molar-refractivity contribution in [1.29, 1.82) is 5.26 Å². The number of benzene rings is 1. The molecule has 174 valence electrons. The van der Waals surface area contributed by atoms with E-state index in [2.05, 4.69) is 11.4 Å². The quantitative estimate of drug-likeness (QED) is 0.640. The first-order chi connectivity index (χ1) is 15.8. The maximum Gasteiger partial charge on any atom is 0.251 e. The number of rotatable bonds is 6. The van der Waals surface area contributed by atoms with Crippen LogP contribution in [0, 0.1) is 17.2 Å². The average Bonchev–Trinajstić information content (AvgIpc) is 3.15. The maximum absolute atomic E-state index is 13.2. The molecular formula is C24H30N6O3. The Labute approximate surface area is 193 Å². The molecule has 1 aromatic carbocycles. The molecule has 1 unspecified atom stereocenters. The van der Waals surface area contributed by atoms with Crippen LogP contribution in [-0.2, 0) is 9.59 Å². The molecule has 3 aliphatic heterocycles. The molecule has 0 spiro atoms. The minimum absolute atomic E-state index is 0.0621. The number of hydrogen-bond acceptors (Lipinski definition) is 6. The van der Waals surface area contributed by atoms with Crippen molar-refractivity contribution in [3.05, 3.63) is 35.4 Å². The van der Waals surface area contributed by atoms with Crippen molar-refractivity contribution in [3.8, 4) is 6.07 Å². The maximum atomic E-state index is 13.2. The van der Waals surface area contributed by atoms with E-state index in [-0.39, 0.29) is 47.9 Å². The Kier molecular flexibility index (Phi) is 5.38. The molecule has 9 heteroatoms. The van der Waals surface area contributed by atoms with Crippen molar-refractivity contribution in [1.82, 2.24) is 20.0 Å². The summed E-state index contributed by atoms with van der Waals surface area (Å²) >= 11 is 0. The number of piperazine rings is 1. The van der Waals surface area contributed by atoms with Crippen molar-refractivity contribution in [3.63, 3.8) is 0 Å². The lowest BCUT2D eigenvalue weighted by Crippen LogP contribution is -2.57. The van der Waals surface area contributed by atoms with Crippen LogP contribution in [0.3, 0.4) is 0 Å². The highest BCUT2D eigenvalue weighted by Gasteiger charge is 2.56. The third-order valence-corrected chi connectivity index (χ3v) is 7.87. The van der Waals surface area contributed by atoms with Gasteiger partial charge in [0.25, 0.3) is 5.91 Å². The van der Waals surface area contributed by atoms with E-state index in [1.165, 1.54) is 0 Å². The molecule has 4 aliphatic rings. The summed E-state index contributed by atoms with van der Waals surface area (Å²) in [6, 6.07) is 8.38. The first-order valence-electron chi connectivity index (χ1n) is 11.7. The van der Waals surface area contributed by atoms with Gasteiger partial charge in [0.2, 0.25) is 11.8 Å². The van der Waals surface area contributed by atoms with E-state index in [4.69, 9.17) is 5.73 Å². The lowest BCUT2D eigenvalue weighted by Gasteiger charge is -2.38. The molecule has 0 aromatic heterocycles. The van der Waals surface area contributed by atoms with Gasteiger partial charge in [0, 0.05) is 37.8 Å². The van der Waals surface area contributed by atoms with Gasteiger partial charge in [-0.15, -0.1) is 0 Å². The molecule has 33 heavy (non-hydrogen) atoms. The lowest BCUT2D eigenvalue weighted by molar-refractivity contribution is -0.141. The average molecular weight is 451 g/mol. The van der Waals surface area contributed by atoms with Gasteiger partial charge in [-0.05, 0) is 49.8 Å². The summed E-state index contributed by atoms with van der Waals surface area (Å²) in [5.41, 5.74) is 7.86. The van der Waals surface area contributed by atoms with Gasteiger partial charge < -0.3 is 20.9 Å². The summed E-state index contributed by atoms with van der Waals surface area (Å²) in [6.45, 7) is 3.03. The second-order valence-electron chi connectivity index (χ2n) is 9.78. The van der Waals surface area contributed by atoms with E-state index in [0.29, 0.717) is 24.6 Å². The molecule has 3 amide bonds. The van der Waals surface area contributed by atoms with E-state index in [0.717, 1.165) is 24.8 Å². The van der Waals surface area contributed by atoms with Crippen molar-refractivity contribution < 1.29 is 14.4 Å². The number of amides is 3. The normalized spacial score (nSPS) is 31.8. The molecule has 4 fully saturated rings. The van der Waals surface area contributed by atoms with Crippen LogP contribution in [0.5, 0.6) is 0 Å². The van der Waals surface area contributed by atoms with Crippen molar-refractivity contribution in [2.75, 3.05) is 20.1 Å². The lowest BCUT2D eigenvalue weighted by atomic mass is 10.0. The van der Waals surface area contributed by atoms with Crippen LogP contribution in [-0.4, -0.2) is 82.8 Å². The van der Waals surface area contributed by atoms with Crippen LogP contribution in [0.4, 0.5) is 0 Å². The number of nitriles is 1. The summed E-state index contributed by atoms with van der Waals surface area (Å²) < 4.78 is 0. The second kappa shape index (κ2) is 8.12. The van der Waals surface area contributed by atoms with Gasteiger partial charge in [-0.2, -0.15) is 5.26 Å². The number of nitrogens with two attached hydrogens (primary N) is 1. The zero-order valence-electron chi connectivity index (χ0n) is 19.0. The number of fused-ring (bicyclic) bond motifs is 3. The highest BCUT2D eigenvalue weighted by Crippen LogP contribution is 2.48. The molecule has 0 radical (unpaired) electrons. The monoisotopic (exact) mass is 450 g/mol. The fraction of sp³-hybridized carbons (Fsp3) is 0.583. The van der Waals surface area contributed by atoms with Gasteiger partial charge in [-0.3, -0.25) is 19.3 Å². The predicted octanol–water partition coefficient (Wildman–Crippen LogP) is 0.233. The van der Waals surface area contributed by atoms with Crippen LogP contribution in [0.2, 0.25) is 0 Å². The number of carbonyl (C=O) groups is 3. The zero-order valence-corrected chi connectivity index (χ0v) is 19.0. The first kappa shape index (κ1) is 21.9. The number of carbonyl (C=O) groups excluding carboxylic acids is 3. The van der Waals surface area contributed by atoms with Gasteiger partial charge in [0.15, 0.2) is 0 Å². The predicted molar refractivity (Wildman–Crippen MR) is 120 cm³/mol. The molecular weight excluding hydrogens is 420 g/mol. The molecule has 9 nitrogen and oxygen atoms in total. The van der Waals surface area contributed by atoms with E-state index in [1.807, 2.05) is 28.9 Å². The number of likely N-dealkylation sites (tertiary alicyclic amines) is 3. The van der Waals surface area contributed by atoms with E-state index in [9.17, 15) is 19.6 Å². The molecule has 1 saturated carbocycles. The highest BCUT2D eigenvalue weighted by atomic mass is 16.2. The number of hydrogen-bond donors (Lipinski definition) is 2. The molecule has 3 N–H and O–H groups in total. The van der Waals surface area contributed by atoms with Crippen molar-refractivity contribution in [2.45, 2.75) is 62.4 Å². The van der Waals surface area contributed by atoms with Gasteiger partial charge in [-0.25, -0.2) is 0 Å². The Hall–Kier alpha value is -2.96. The zero-order chi connectivity index (χ0) is 23.4. The highest BCUT2D eigenvalue weighted by molar-refractivity contribution is 5.94. The molecule has 1 aliphatic carbocycles. The summed E-state index contributed by atoms with van der Waals surface area (Å²) in [7, 11) is 1.60. The van der Waals surface area contributed by atoms with Gasteiger partial charge >= 0.3 is 0 Å². The number of piperidine rings is 1. The fourth-order valence-corrected chi connectivity index (χ4v) is 6.03. The SMILES string of the molecule is CNC(=O)c1ccc([C@H](C)N2C(=O)[C@@H]3C[C@H]2CN3C[C@H](N)C(=O)N2C3C[C@H]3C[C@H]2C#N)cc1.